The van der Waals surface area contributed by atoms with Crippen LogP contribution >= 0.6 is 0 Å². The molecule has 3 saturated heterocycles. The lowest BCUT2D eigenvalue weighted by atomic mass is 9.47. The summed E-state index contributed by atoms with van der Waals surface area (Å²) < 4.78 is 71.8. The lowest BCUT2D eigenvalue weighted by Gasteiger charge is -2.57. The molecular formula is C84H88F3N9O9. The lowest BCUT2D eigenvalue weighted by molar-refractivity contribution is -0.159. The van der Waals surface area contributed by atoms with Gasteiger partial charge in [0, 0.05) is 130 Å². The topological polar surface area (TPSA) is 229 Å². The molecule has 3 aliphatic heterocycles. The van der Waals surface area contributed by atoms with E-state index in [0.717, 1.165) is 188 Å². The first-order valence-corrected chi connectivity index (χ1v) is 37.5. The number of hydrogen-bond donors (Lipinski definition) is 5. The van der Waals surface area contributed by atoms with E-state index < -0.39 is 11.9 Å². The number of H-pyrrole nitrogens is 3. The van der Waals surface area contributed by atoms with Gasteiger partial charge < -0.3 is 42.9 Å². The largest absolute Gasteiger partial charge is 0.481 e. The lowest BCUT2D eigenvalue weighted by Crippen LogP contribution is -2.49. The maximum atomic E-state index is 14.3. The molecule has 0 radical (unpaired) electrons. The standard InChI is InChI=1S/C30H32FN3O3.C29H30FN3O3.C25H26FN3O3/c1-17-9-22(3-4-24(17)31)34-26-10-19-16-32-33-25(19)11-23(26)27(28(34)18-5-7-37-8-6-18)20-12-30(13-20)14-21(15-30)29(35)36-2;1-16-8-21(2-3-23(16)30)33-25-9-18-15-31-32-24(18)10-22(25)26(27(33)17-4-6-36-7-5-17)19-11-29(12-19)13-20(14-29)28(34)35;1-15-11-18(5-6-21(15)26)29-23-12-17-14-27-28-22(17)13-20(23)19(3-2-4-24(30)31)25(29)16-7-9-32-10-8-16/h3-4,9-11,16,18,20-21H,5-8,12-15H2,1-2H3,(H,32,33);2-3,8-10,15,17,19-20H,4-7,11-14H2,1H3,(H,31,32)(H,34,35);5-6,11-14,16H,2-4,7-10H2,1H3,(H,27,28)(H,30,31). The summed E-state index contributed by atoms with van der Waals surface area (Å²) in [5.74, 6) is -0.407. The normalized spacial score (nSPS) is 22.8. The average molecular weight is 1420 g/mol. The molecule has 6 aromatic carbocycles. The number of halogens is 3. The van der Waals surface area contributed by atoms with Gasteiger partial charge in [0.2, 0.25) is 0 Å². The van der Waals surface area contributed by atoms with Gasteiger partial charge in [-0.15, -0.1) is 0 Å². The summed E-state index contributed by atoms with van der Waals surface area (Å²) in [5, 5.41) is 47.4. The molecule has 4 saturated carbocycles. The smallest absolute Gasteiger partial charge is 0.308 e. The van der Waals surface area contributed by atoms with Crippen LogP contribution in [0.3, 0.4) is 0 Å². The second kappa shape index (κ2) is 27.4. The fourth-order valence-corrected chi connectivity index (χ4v) is 19.7. The molecule has 2 spiro atoms. The van der Waals surface area contributed by atoms with Crippen LogP contribution in [0.1, 0.15) is 183 Å². The van der Waals surface area contributed by atoms with Crippen LogP contribution in [0.4, 0.5) is 13.2 Å². The van der Waals surface area contributed by atoms with Crippen LogP contribution in [0.15, 0.2) is 110 Å². The number of aromatic nitrogens is 9. The Kier molecular flexibility index (Phi) is 17.9. The van der Waals surface area contributed by atoms with Crippen molar-refractivity contribution >= 4 is 83.3 Å². The van der Waals surface area contributed by atoms with Gasteiger partial charge in [-0.2, -0.15) is 15.3 Å². The summed E-state index contributed by atoms with van der Waals surface area (Å²) in [7, 11) is 1.49. The molecule has 9 heterocycles. The minimum Gasteiger partial charge on any atom is -0.481 e. The molecule has 7 aliphatic rings. The summed E-state index contributed by atoms with van der Waals surface area (Å²) in [6.45, 7) is 9.84. The van der Waals surface area contributed by atoms with Gasteiger partial charge in [0.15, 0.2) is 0 Å². The summed E-state index contributed by atoms with van der Waals surface area (Å²) in [5.41, 5.74) is 19.4. The number of nitrogens with one attached hydrogen (secondary N) is 3. The molecule has 7 fully saturated rings. The van der Waals surface area contributed by atoms with Gasteiger partial charge in [-0.25, -0.2) is 13.2 Å². The average Bonchev–Trinajstić information content (AvgIpc) is 1.60. The molecule has 5 N–H and O–H groups in total. The van der Waals surface area contributed by atoms with Crippen LogP contribution in [0.25, 0.3) is 82.5 Å². The number of methoxy groups -OCH3 is 1. The Bertz CT molecular complexity index is 5360. The van der Waals surface area contributed by atoms with Gasteiger partial charge in [-0.1, -0.05) is 0 Å². The van der Waals surface area contributed by atoms with Crippen molar-refractivity contribution in [2.75, 3.05) is 46.8 Å². The number of rotatable bonds is 14. The summed E-state index contributed by atoms with van der Waals surface area (Å²) in [6, 6.07) is 29.3. The van der Waals surface area contributed by atoms with Gasteiger partial charge in [0.05, 0.1) is 70.6 Å². The highest BCUT2D eigenvalue weighted by molar-refractivity contribution is 6.01. The number of benzene rings is 6. The second-order valence-corrected chi connectivity index (χ2v) is 31.4. The predicted octanol–water partition coefficient (Wildman–Crippen LogP) is 17.8. The number of hydrogen-bond acceptors (Lipinski definition) is 10. The fraction of sp³-hybridized carbons (Fsp3) is 0.429. The molecule has 544 valence electrons. The minimum absolute atomic E-state index is 0.0501. The molecule has 4 aliphatic carbocycles. The number of carbonyl (C=O) groups is 3. The molecule has 0 atom stereocenters. The SMILES string of the molecule is COC(=O)C1CC2(C1)CC(c1c(C3CCOCC3)n(-c3ccc(F)c(C)c3)c3cc4cn[nH]c4cc13)C2.Cc1cc(-n2c(C3CCOCC3)c(C3CC4(CC(C(=O)O)C4)C3)c3cc4[nH]ncc4cc32)ccc1F.Cc1cc(-n2c(C3CCOCC3)c(CCCC(=O)O)c3cc4[nH]ncc4cc32)ccc1F. The van der Waals surface area contributed by atoms with Crippen molar-refractivity contribution in [2.45, 2.75) is 160 Å². The molecule has 6 aromatic heterocycles. The number of aliphatic carboxylic acids is 2. The summed E-state index contributed by atoms with van der Waals surface area (Å²) >= 11 is 0. The number of carbonyl (C=O) groups excluding carboxylic acids is 1. The number of nitrogens with zero attached hydrogens (tertiary/aromatic N) is 6. The van der Waals surface area contributed by atoms with E-state index in [9.17, 15) is 37.8 Å². The van der Waals surface area contributed by atoms with Crippen molar-refractivity contribution in [3.8, 4) is 17.1 Å². The molecular weight excluding hydrogens is 1340 g/mol. The van der Waals surface area contributed by atoms with E-state index in [4.69, 9.17) is 18.9 Å². The Morgan fingerprint density at radius 3 is 1.22 bits per heavy atom. The zero-order valence-electron chi connectivity index (χ0n) is 59.8. The van der Waals surface area contributed by atoms with Crippen LogP contribution in [0, 0.1) is 60.9 Å². The number of aryl methyl sites for hydroxylation is 4. The van der Waals surface area contributed by atoms with Crippen molar-refractivity contribution in [1.29, 1.82) is 0 Å². The second-order valence-electron chi connectivity index (χ2n) is 31.4. The Morgan fingerprint density at radius 1 is 0.486 bits per heavy atom. The van der Waals surface area contributed by atoms with Crippen LogP contribution in [0.2, 0.25) is 0 Å². The summed E-state index contributed by atoms with van der Waals surface area (Å²) in [4.78, 5) is 34.7. The molecule has 12 aromatic rings. The van der Waals surface area contributed by atoms with Crippen LogP contribution in [-0.4, -0.2) is 119 Å². The van der Waals surface area contributed by atoms with Gasteiger partial charge >= 0.3 is 17.9 Å². The van der Waals surface area contributed by atoms with E-state index in [0.29, 0.717) is 66.4 Å². The van der Waals surface area contributed by atoms with Crippen molar-refractivity contribution in [3.05, 3.63) is 178 Å². The Morgan fingerprint density at radius 2 is 0.848 bits per heavy atom. The first kappa shape index (κ1) is 68.5. The number of carboxylic acid groups (broad SMARTS) is 2. The quantitative estimate of drug-likeness (QED) is 0.0641. The molecule has 21 heteroatoms. The maximum Gasteiger partial charge on any atom is 0.308 e. The number of ether oxygens (including phenoxy) is 4. The van der Waals surface area contributed by atoms with Crippen LogP contribution in [-0.2, 0) is 39.8 Å². The first-order valence-electron chi connectivity index (χ1n) is 37.5. The highest BCUT2D eigenvalue weighted by Gasteiger charge is 2.58. The predicted molar refractivity (Wildman–Crippen MR) is 396 cm³/mol. The van der Waals surface area contributed by atoms with E-state index in [1.54, 1.807) is 25.3 Å². The van der Waals surface area contributed by atoms with E-state index in [-0.39, 0.29) is 58.4 Å². The van der Waals surface area contributed by atoms with Gasteiger partial charge in [-0.05, 0) is 271 Å². The van der Waals surface area contributed by atoms with Crippen molar-refractivity contribution in [2.24, 2.45) is 22.7 Å². The zero-order chi connectivity index (χ0) is 72.2. The molecule has 105 heavy (non-hydrogen) atoms. The van der Waals surface area contributed by atoms with Crippen molar-refractivity contribution in [1.82, 2.24) is 44.3 Å². The van der Waals surface area contributed by atoms with Crippen molar-refractivity contribution < 1.29 is 56.7 Å². The minimum atomic E-state index is -0.786. The molecule has 0 unspecified atom stereocenters. The monoisotopic (exact) mass is 1420 g/mol. The van der Waals surface area contributed by atoms with Gasteiger partial charge in [0.1, 0.15) is 17.5 Å². The van der Waals surface area contributed by atoms with E-state index >= 15 is 0 Å². The van der Waals surface area contributed by atoms with Gasteiger partial charge in [0.25, 0.3) is 0 Å². The Hall–Kier alpha value is -9.57. The Labute approximate surface area is 604 Å². The van der Waals surface area contributed by atoms with Crippen molar-refractivity contribution in [3.63, 3.8) is 0 Å². The Balaban J connectivity index is 0.000000117. The highest BCUT2D eigenvalue weighted by Crippen LogP contribution is 2.67. The van der Waals surface area contributed by atoms with Crippen LogP contribution in [0.5, 0.6) is 0 Å². The zero-order valence-corrected chi connectivity index (χ0v) is 59.8. The maximum absolute atomic E-state index is 14.3. The third kappa shape index (κ3) is 12.4. The van der Waals surface area contributed by atoms with E-state index in [1.807, 2.05) is 62.6 Å². The number of carboxylic acids is 2. The van der Waals surface area contributed by atoms with Gasteiger partial charge in [-0.3, -0.25) is 29.7 Å². The first-order chi connectivity index (χ1) is 50.9. The summed E-state index contributed by atoms with van der Waals surface area (Å²) in [6.07, 6.45) is 20.3. The molecule has 0 bridgehead atoms. The number of aromatic amines is 3. The van der Waals surface area contributed by atoms with E-state index in [1.165, 1.54) is 57.7 Å². The fourth-order valence-electron chi connectivity index (χ4n) is 19.7. The van der Waals surface area contributed by atoms with E-state index in [2.05, 4.69) is 80.7 Å². The van der Waals surface area contributed by atoms with Crippen LogP contribution < -0.4 is 0 Å². The number of fused-ring (bicyclic) bond motifs is 6. The molecule has 19 rings (SSSR count). The third-order valence-corrected chi connectivity index (χ3v) is 24.9. The third-order valence-electron chi connectivity index (χ3n) is 24.9. The highest BCUT2D eigenvalue weighted by atomic mass is 19.1. The molecule has 18 nitrogen and oxygen atoms in total. The number of esters is 1. The molecule has 0 amide bonds.